The van der Waals surface area contributed by atoms with Crippen molar-refractivity contribution >= 4 is 35.0 Å². The van der Waals surface area contributed by atoms with Crippen molar-refractivity contribution in [3.8, 4) is 5.88 Å². The highest BCUT2D eigenvalue weighted by molar-refractivity contribution is 7.99. The Morgan fingerprint density at radius 3 is 2.58 bits per heavy atom. The van der Waals surface area contributed by atoms with Crippen LogP contribution in [0.2, 0.25) is 0 Å². The molecule has 2 aromatic carbocycles. The van der Waals surface area contributed by atoms with Crippen molar-refractivity contribution in [1.29, 1.82) is 0 Å². The molecule has 0 aliphatic carbocycles. The Kier molecular flexibility index (Phi) is 8.63. The van der Waals surface area contributed by atoms with Gasteiger partial charge in [-0.25, -0.2) is 4.98 Å². The number of piperazine rings is 1. The maximum absolute atomic E-state index is 11.9. The normalized spacial score (nSPS) is 13.9. The van der Waals surface area contributed by atoms with E-state index in [1.54, 1.807) is 0 Å². The first-order valence-corrected chi connectivity index (χ1v) is 12.7. The summed E-state index contributed by atoms with van der Waals surface area (Å²) in [5, 5.41) is 2.85. The number of aromatic nitrogens is 2. The number of carbonyl (C=O) groups excluding carboxylic acids is 1. The van der Waals surface area contributed by atoms with Crippen LogP contribution in [0.3, 0.4) is 0 Å². The lowest BCUT2D eigenvalue weighted by molar-refractivity contribution is -0.114. The van der Waals surface area contributed by atoms with E-state index in [-0.39, 0.29) is 12.5 Å². The van der Waals surface area contributed by atoms with Gasteiger partial charge in [-0.3, -0.25) is 4.79 Å². The maximum atomic E-state index is 11.9. The third-order valence-electron chi connectivity index (χ3n) is 5.82. The molecule has 2 heterocycles. The summed E-state index contributed by atoms with van der Waals surface area (Å²) in [6.07, 6.45) is 1.83. The number of amides is 1. The molecule has 3 aromatic rings. The molecular weight excluding hydrogens is 474 g/mol. The van der Waals surface area contributed by atoms with Gasteiger partial charge in [-0.1, -0.05) is 42.1 Å². The fraction of sp³-hybridized carbons (Fsp3) is 0.346. The quantitative estimate of drug-likeness (QED) is 0.453. The zero-order valence-corrected chi connectivity index (χ0v) is 21.8. The monoisotopic (exact) mass is 507 g/mol. The van der Waals surface area contributed by atoms with Crippen LogP contribution in [-0.4, -0.2) is 74.6 Å². The number of nitrogens with zero attached hydrogens (tertiary/aromatic N) is 5. The van der Waals surface area contributed by atoms with Gasteiger partial charge in [0.15, 0.2) is 0 Å². The molecule has 0 atom stereocenters. The molecule has 1 amide bonds. The van der Waals surface area contributed by atoms with Gasteiger partial charge in [0.25, 0.3) is 0 Å². The second-order valence-corrected chi connectivity index (χ2v) is 9.98. The summed E-state index contributed by atoms with van der Waals surface area (Å²) in [6.45, 7) is 4.01. The zero-order valence-electron chi connectivity index (χ0n) is 21.0. The summed E-state index contributed by atoms with van der Waals surface area (Å²) in [7, 11) is 6.04. The Hall–Kier alpha value is -3.34. The summed E-state index contributed by atoms with van der Waals surface area (Å²) in [5.74, 6) is 0.970. The number of nitrogens with two attached hydrogens (primary N) is 1. The molecule has 0 bridgehead atoms. The summed E-state index contributed by atoms with van der Waals surface area (Å²) >= 11 is 1.50. The third kappa shape index (κ3) is 6.87. The summed E-state index contributed by atoms with van der Waals surface area (Å²) in [4.78, 5) is 29.6. The van der Waals surface area contributed by atoms with E-state index in [0.717, 1.165) is 47.2 Å². The average molecular weight is 508 g/mol. The smallest absolute Gasteiger partial charge is 0.238 e. The van der Waals surface area contributed by atoms with Crippen molar-refractivity contribution in [2.45, 2.75) is 16.4 Å². The number of carbonyl (C=O) groups is 1. The van der Waals surface area contributed by atoms with Gasteiger partial charge in [0.1, 0.15) is 6.61 Å². The summed E-state index contributed by atoms with van der Waals surface area (Å²) < 4.78 is 6.23. The lowest BCUT2D eigenvalue weighted by atomic mass is 10.2. The number of benzene rings is 2. The minimum absolute atomic E-state index is 0.0757. The Bertz CT molecular complexity index is 1170. The maximum Gasteiger partial charge on any atom is 0.238 e. The second-order valence-electron chi connectivity index (χ2n) is 8.87. The van der Waals surface area contributed by atoms with E-state index in [4.69, 9.17) is 15.5 Å². The van der Waals surface area contributed by atoms with Crippen molar-refractivity contribution in [2.75, 3.05) is 69.0 Å². The van der Waals surface area contributed by atoms with Crippen LogP contribution < -0.4 is 25.6 Å². The molecule has 1 aliphatic rings. The second kappa shape index (κ2) is 12.1. The number of ether oxygens (including phenoxy) is 1. The molecule has 9 nitrogen and oxygen atoms in total. The predicted octanol–water partition coefficient (Wildman–Crippen LogP) is 2.92. The van der Waals surface area contributed by atoms with Crippen LogP contribution in [0.5, 0.6) is 5.88 Å². The SMILES string of the molecule is CN1CCN(c2ncc(Sc3cc(NC(=O)CN)cc(N(C)C)c3)c(OCc3ccccc3)n2)CC1. The Labute approximate surface area is 216 Å². The highest BCUT2D eigenvalue weighted by atomic mass is 32.2. The topological polar surface area (TPSA) is 99.8 Å². The Balaban J connectivity index is 1.63. The molecule has 1 fully saturated rings. The standard InChI is InChI=1S/C26H33N7O2S/c1-31(2)21-13-20(29-24(34)16-27)14-22(15-21)36-23-17-28-26(33-11-9-32(3)10-12-33)30-25(23)35-18-19-7-5-4-6-8-19/h4-8,13-15,17H,9-12,16,18,27H2,1-3H3,(H,29,34). The number of hydrogen-bond donors (Lipinski definition) is 2. The fourth-order valence-electron chi connectivity index (χ4n) is 3.72. The molecule has 1 saturated heterocycles. The van der Waals surface area contributed by atoms with Crippen LogP contribution in [0.1, 0.15) is 5.56 Å². The van der Waals surface area contributed by atoms with Gasteiger partial charge in [0.2, 0.25) is 17.7 Å². The van der Waals surface area contributed by atoms with Gasteiger partial charge in [-0.2, -0.15) is 4.98 Å². The molecule has 1 aromatic heterocycles. The number of rotatable bonds is 9. The van der Waals surface area contributed by atoms with E-state index < -0.39 is 0 Å². The molecule has 0 spiro atoms. The van der Waals surface area contributed by atoms with Gasteiger partial charge in [0.05, 0.1) is 17.6 Å². The van der Waals surface area contributed by atoms with Gasteiger partial charge < -0.3 is 30.5 Å². The number of anilines is 3. The van der Waals surface area contributed by atoms with Gasteiger partial charge in [0, 0.05) is 56.5 Å². The molecule has 10 heteroatoms. The first-order valence-electron chi connectivity index (χ1n) is 11.9. The van der Waals surface area contributed by atoms with E-state index in [0.29, 0.717) is 24.1 Å². The highest BCUT2D eigenvalue weighted by Gasteiger charge is 2.19. The molecule has 190 valence electrons. The highest BCUT2D eigenvalue weighted by Crippen LogP contribution is 2.37. The lowest BCUT2D eigenvalue weighted by Crippen LogP contribution is -2.45. The molecule has 1 aliphatic heterocycles. The first kappa shape index (κ1) is 25.7. The van der Waals surface area contributed by atoms with Gasteiger partial charge in [-0.05, 0) is 30.8 Å². The van der Waals surface area contributed by atoms with Crippen molar-refractivity contribution in [3.63, 3.8) is 0 Å². The van der Waals surface area contributed by atoms with Crippen molar-refractivity contribution < 1.29 is 9.53 Å². The van der Waals surface area contributed by atoms with E-state index in [1.807, 2.05) is 67.7 Å². The summed E-state index contributed by atoms with van der Waals surface area (Å²) in [6, 6.07) is 15.9. The molecule has 3 N–H and O–H groups in total. The molecular formula is C26H33N7O2S. The number of likely N-dealkylation sites (N-methyl/N-ethyl adjacent to an activating group) is 1. The third-order valence-corrected chi connectivity index (χ3v) is 6.79. The molecule has 36 heavy (non-hydrogen) atoms. The van der Waals surface area contributed by atoms with Crippen LogP contribution in [0, 0.1) is 0 Å². The largest absolute Gasteiger partial charge is 0.472 e. The molecule has 4 rings (SSSR count). The van der Waals surface area contributed by atoms with Crippen LogP contribution in [0.4, 0.5) is 17.3 Å². The predicted molar refractivity (Wildman–Crippen MR) is 145 cm³/mol. The Morgan fingerprint density at radius 1 is 1.14 bits per heavy atom. The van der Waals surface area contributed by atoms with Gasteiger partial charge >= 0.3 is 0 Å². The van der Waals surface area contributed by atoms with E-state index >= 15 is 0 Å². The van der Waals surface area contributed by atoms with Crippen LogP contribution in [-0.2, 0) is 11.4 Å². The van der Waals surface area contributed by atoms with Gasteiger partial charge in [-0.15, -0.1) is 0 Å². The van der Waals surface area contributed by atoms with Crippen LogP contribution in [0.25, 0.3) is 0 Å². The van der Waals surface area contributed by atoms with E-state index in [1.165, 1.54) is 11.8 Å². The average Bonchev–Trinajstić information content (AvgIpc) is 2.89. The summed E-state index contributed by atoms with van der Waals surface area (Å²) in [5.41, 5.74) is 8.20. The fourth-order valence-corrected chi connectivity index (χ4v) is 4.63. The van der Waals surface area contributed by atoms with Crippen LogP contribution in [0.15, 0.2) is 64.5 Å². The van der Waals surface area contributed by atoms with Crippen molar-refractivity contribution in [2.24, 2.45) is 5.73 Å². The molecule has 0 unspecified atom stereocenters. The lowest BCUT2D eigenvalue weighted by Gasteiger charge is -2.32. The first-order chi connectivity index (χ1) is 17.4. The minimum Gasteiger partial charge on any atom is -0.472 e. The van der Waals surface area contributed by atoms with E-state index in [9.17, 15) is 4.79 Å². The zero-order chi connectivity index (χ0) is 25.5. The number of nitrogens with one attached hydrogen (secondary N) is 1. The van der Waals surface area contributed by atoms with Crippen molar-refractivity contribution in [1.82, 2.24) is 14.9 Å². The Morgan fingerprint density at radius 2 is 1.89 bits per heavy atom. The van der Waals surface area contributed by atoms with Crippen molar-refractivity contribution in [3.05, 3.63) is 60.3 Å². The molecule has 0 radical (unpaired) electrons. The number of hydrogen-bond acceptors (Lipinski definition) is 9. The minimum atomic E-state index is -0.242. The van der Waals surface area contributed by atoms with Crippen LogP contribution >= 0.6 is 11.8 Å². The molecule has 0 saturated carbocycles. The van der Waals surface area contributed by atoms with E-state index in [2.05, 4.69) is 33.2 Å².